The van der Waals surface area contributed by atoms with Crippen LogP contribution in [0.1, 0.15) is 56.6 Å². The van der Waals surface area contributed by atoms with Crippen molar-refractivity contribution in [1.82, 2.24) is 30.0 Å². The number of para-hydroxylation sites is 1. The highest BCUT2D eigenvalue weighted by Crippen LogP contribution is 2.27. The Hall–Kier alpha value is -3.75. The molecule has 1 saturated heterocycles. The van der Waals surface area contributed by atoms with E-state index in [-0.39, 0.29) is 17.7 Å². The van der Waals surface area contributed by atoms with Crippen molar-refractivity contribution < 1.29 is 14.3 Å². The molecule has 3 heterocycles. The van der Waals surface area contributed by atoms with Crippen LogP contribution in [0.2, 0.25) is 0 Å². The van der Waals surface area contributed by atoms with Crippen LogP contribution in [0.15, 0.2) is 42.9 Å². The summed E-state index contributed by atoms with van der Waals surface area (Å²) in [4.78, 5) is 36.3. The summed E-state index contributed by atoms with van der Waals surface area (Å²) in [6.07, 6.45) is 6.50. The summed E-state index contributed by atoms with van der Waals surface area (Å²) in [5.41, 5.74) is 2.60. The van der Waals surface area contributed by atoms with Gasteiger partial charge in [0, 0.05) is 50.6 Å². The zero-order valence-corrected chi connectivity index (χ0v) is 19.1. The van der Waals surface area contributed by atoms with Crippen LogP contribution in [-0.4, -0.2) is 56.7 Å². The number of ether oxygens (including phenoxy) is 1. The predicted molar refractivity (Wildman–Crippen MR) is 122 cm³/mol. The predicted octanol–water partition coefficient (Wildman–Crippen LogP) is 2.48. The molecule has 0 spiro atoms. The van der Waals surface area contributed by atoms with Crippen LogP contribution in [0.25, 0.3) is 0 Å². The Morgan fingerprint density at radius 1 is 1.18 bits per heavy atom. The van der Waals surface area contributed by atoms with Gasteiger partial charge in [-0.15, -0.1) is 0 Å². The first-order valence-corrected chi connectivity index (χ1v) is 11.0. The van der Waals surface area contributed by atoms with E-state index in [1.165, 1.54) is 0 Å². The van der Waals surface area contributed by atoms with Crippen LogP contribution in [0.3, 0.4) is 0 Å². The van der Waals surface area contributed by atoms with Crippen molar-refractivity contribution in [1.29, 1.82) is 0 Å². The minimum absolute atomic E-state index is 0.000662. The van der Waals surface area contributed by atoms with Crippen LogP contribution in [-0.2, 0) is 13.6 Å². The number of nitrogens with one attached hydrogen (secondary N) is 1. The molecule has 0 atom stereocenters. The molecule has 0 aliphatic carbocycles. The van der Waals surface area contributed by atoms with Crippen molar-refractivity contribution >= 4 is 11.8 Å². The maximum absolute atomic E-state index is 12.7. The lowest BCUT2D eigenvalue weighted by Gasteiger charge is -2.31. The smallest absolute Gasteiger partial charge is 0.257 e. The Morgan fingerprint density at radius 2 is 1.94 bits per heavy atom. The second-order valence-corrected chi connectivity index (χ2v) is 8.19. The molecule has 172 valence electrons. The lowest BCUT2D eigenvalue weighted by atomic mass is 9.95. The summed E-state index contributed by atoms with van der Waals surface area (Å²) in [7, 11) is 3.40. The summed E-state index contributed by atoms with van der Waals surface area (Å²) in [6, 6.07) is 7.57. The molecule has 1 N–H and O–H groups in total. The molecule has 4 rings (SSSR count). The standard InChI is InChI=1S/C24H28N6O3/c1-16-20(23(31)26-12-18-6-4-5-7-21(18)33-3)14-25-22(28-16)17-8-10-30(11-9-17)24(32)19-13-27-29(2)15-19/h4-7,13-15,17H,8-12H2,1-3H3,(H,26,31). The van der Waals surface area contributed by atoms with E-state index in [2.05, 4.69) is 20.4 Å². The Kier molecular flexibility index (Phi) is 6.67. The number of amides is 2. The molecule has 1 aromatic carbocycles. The van der Waals surface area contributed by atoms with E-state index in [9.17, 15) is 9.59 Å². The van der Waals surface area contributed by atoms with Gasteiger partial charge in [-0.1, -0.05) is 18.2 Å². The fraction of sp³-hybridized carbons (Fsp3) is 0.375. The molecule has 1 aliphatic heterocycles. The van der Waals surface area contributed by atoms with Gasteiger partial charge in [0.2, 0.25) is 0 Å². The number of aryl methyl sites for hydroxylation is 2. The number of piperidine rings is 1. The Balaban J connectivity index is 1.35. The number of likely N-dealkylation sites (tertiary alicyclic amines) is 1. The zero-order chi connectivity index (χ0) is 23.4. The average Bonchev–Trinajstić information content (AvgIpc) is 3.28. The van der Waals surface area contributed by atoms with Gasteiger partial charge in [0.25, 0.3) is 11.8 Å². The fourth-order valence-corrected chi connectivity index (χ4v) is 4.08. The van der Waals surface area contributed by atoms with Crippen LogP contribution < -0.4 is 10.1 Å². The molecule has 0 unspecified atom stereocenters. The fourth-order valence-electron chi connectivity index (χ4n) is 4.08. The van der Waals surface area contributed by atoms with E-state index >= 15 is 0 Å². The summed E-state index contributed by atoms with van der Waals surface area (Å²) in [6.45, 7) is 3.46. The highest BCUT2D eigenvalue weighted by molar-refractivity contribution is 5.95. The molecular formula is C24H28N6O3. The minimum atomic E-state index is -0.221. The summed E-state index contributed by atoms with van der Waals surface area (Å²) >= 11 is 0. The minimum Gasteiger partial charge on any atom is -0.496 e. The lowest BCUT2D eigenvalue weighted by molar-refractivity contribution is 0.0710. The van der Waals surface area contributed by atoms with Crippen LogP contribution in [0.4, 0.5) is 0 Å². The van der Waals surface area contributed by atoms with Gasteiger partial charge in [0.15, 0.2) is 0 Å². The molecular weight excluding hydrogens is 420 g/mol. The van der Waals surface area contributed by atoms with Crippen molar-refractivity contribution in [2.24, 2.45) is 7.05 Å². The molecule has 3 aromatic rings. The third-order valence-electron chi connectivity index (χ3n) is 5.97. The van der Waals surface area contributed by atoms with Crippen molar-refractivity contribution in [2.75, 3.05) is 20.2 Å². The number of carbonyl (C=O) groups is 2. The first kappa shape index (κ1) is 22.4. The van der Waals surface area contributed by atoms with Gasteiger partial charge in [0.1, 0.15) is 11.6 Å². The zero-order valence-electron chi connectivity index (χ0n) is 19.1. The third-order valence-corrected chi connectivity index (χ3v) is 5.97. The summed E-state index contributed by atoms with van der Waals surface area (Å²) in [5.74, 6) is 1.40. The summed E-state index contributed by atoms with van der Waals surface area (Å²) in [5, 5.41) is 6.99. The molecule has 1 fully saturated rings. The molecule has 2 aromatic heterocycles. The maximum atomic E-state index is 12.7. The SMILES string of the molecule is COc1ccccc1CNC(=O)c1cnc(C2CCN(C(=O)c3cnn(C)c3)CC2)nc1C. The average molecular weight is 449 g/mol. The molecule has 33 heavy (non-hydrogen) atoms. The van der Waals surface area contributed by atoms with Gasteiger partial charge in [-0.25, -0.2) is 9.97 Å². The quantitative estimate of drug-likeness (QED) is 0.622. The number of hydrogen-bond donors (Lipinski definition) is 1. The molecule has 0 saturated carbocycles. The second kappa shape index (κ2) is 9.81. The van der Waals surface area contributed by atoms with Gasteiger partial charge in [-0.05, 0) is 25.8 Å². The van der Waals surface area contributed by atoms with Gasteiger partial charge in [-0.3, -0.25) is 14.3 Å². The van der Waals surface area contributed by atoms with Gasteiger partial charge in [-0.2, -0.15) is 5.10 Å². The molecule has 0 bridgehead atoms. The lowest BCUT2D eigenvalue weighted by Crippen LogP contribution is -2.38. The van der Waals surface area contributed by atoms with Gasteiger partial charge < -0.3 is 15.0 Å². The van der Waals surface area contributed by atoms with E-state index in [0.717, 1.165) is 30.0 Å². The number of hydrogen-bond acceptors (Lipinski definition) is 6. The third kappa shape index (κ3) is 5.02. The van der Waals surface area contributed by atoms with Crippen molar-refractivity contribution in [2.45, 2.75) is 32.2 Å². The topological polar surface area (TPSA) is 102 Å². The van der Waals surface area contributed by atoms with E-state index < -0.39 is 0 Å². The Morgan fingerprint density at radius 3 is 2.61 bits per heavy atom. The van der Waals surface area contributed by atoms with Gasteiger partial charge >= 0.3 is 0 Å². The van der Waals surface area contributed by atoms with Crippen molar-refractivity contribution in [3.63, 3.8) is 0 Å². The molecule has 9 heteroatoms. The van der Waals surface area contributed by atoms with E-state index in [1.807, 2.05) is 36.1 Å². The molecule has 1 aliphatic rings. The number of benzene rings is 1. The number of methoxy groups -OCH3 is 1. The van der Waals surface area contributed by atoms with Crippen LogP contribution in [0, 0.1) is 6.92 Å². The number of aromatic nitrogens is 4. The molecule has 0 radical (unpaired) electrons. The first-order chi connectivity index (χ1) is 16.0. The van der Waals surface area contributed by atoms with Crippen LogP contribution >= 0.6 is 0 Å². The second-order valence-electron chi connectivity index (χ2n) is 8.19. The van der Waals surface area contributed by atoms with Crippen molar-refractivity contribution in [3.05, 3.63) is 71.1 Å². The Labute approximate surface area is 192 Å². The monoisotopic (exact) mass is 448 g/mol. The van der Waals surface area contributed by atoms with E-state index in [1.54, 1.807) is 37.4 Å². The largest absolute Gasteiger partial charge is 0.496 e. The highest BCUT2D eigenvalue weighted by Gasteiger charge is 2.27. The maximum Gasteiger partial charge on any atom is 0.257 e. The van der Waals surface area contributed by atoms with Crippen LogP contribution in [0.5, 0.6) is 5.75 Å². The summed E-state index contributed by atoms with van der Waals surface area (Å²) < 4.78 is 6.96. The molecule has 2 amide bonds. The first-order valence-electron chi connectivity index (χ1n) is 11.0. The van der Waals surface area contributed by atoms with E-state index in [4.69, 9.17) is 4.74 Å². The number of carbonyl (C=O) groups excluding carboxylic acids is 2. The van der Waals surface area contributed by atoms with Crippen molar-refractivity contribution in [3.8, 4) is 5.75 Å². The number of nitrogens with zero attached hydrogens (tertiary/aromatic N) is 5. The normalized spacial score (nSPS) is 14.2. The Bertz CT molecular complexity index is 1150. The van der Waals surface area contributed by atoms with E-state index in [0.29, 0.717) is 36.5 Å². The molecule has 9 nitrogen and oxygen atoms in total. The highest BCUT2D eigenvalue weighted by atomic mass is 16.5. The van der Waals surface area contributed by atoms with Gasteiger partial charge in [0.05, 0.1) is 30.1 Å². The number of rotatable bonds is 6.